The van der Waals surface area contributed by atoms with Crippen LogP contribution < -0.4 is 10.6 Å². The van der Waals surface area contributed by atoms with Gasteiger partial charge < -0.3 is 20.8 Å². The van der Waals surface area contributed by atoms with Gasteiger partial charge in [-0.3, -0.25) is 9.59 Å². The van der Waals surface area contributed by atoms with Crippen LogP contribution in [0.15, 0.2) is 12.7 Å². The van der Waals surface area contributed by atoms with E-state index in [1.54, 1.807) is 13.0 Å². The molecule has 6 heteroatoms. The second-order valence-corrected chi connectivity index (χ2v) is 5.62. The van der Waals surface area contributed by atoms with E-state index in [1.807, 2.05) is 13.8 Å². The van der Waals surface area contributed by atoms with Crippen molar-refractivity contribution in [3.05, 3.63) is 12.7 Å². The molecule has 0 heterocycles. The summed E-state index contributed by atoms with van der Waals surface area (Å²) in [7, 11) is 0. The fourth-order valence-electron chi connectivity index (χ4n) is 1.81. The second-order valence-electron chi connectivity index (χ2n) is 5.62. The van der Waals surface area contributed by atoms with Gasteiger partial charge >= 0.3 is 0 Å². The first-order chi connectivity index (χ1) is 9.85. The first kappa shape index (κ1) is 19.6. The zero-order valence-electron chi connectivity index (χ0n) is 13.1. The molecule has 0 fully saturated rings. The van der Waals surface area contributed by atoms with Gasteiger partial charge in [-0.15, -0.1) is 6.58 Å². The Bertz CT molecular complexity index is 345. The molecule has 21 heavy (non-hydrogen) atoms. The third kappa shape index (κ3) is 7.82. The third-order valence-electron chi connectivity index (χ3n) is 3.26. The van der Waals surface area contributed by atoms with Crippen molar-refractivity contribution < 1.29 is 19.8 Å². The Morgan fingerprint density at radius 3 is 2.19 bits per heavy atom. The monoisotopic (exact) mass is 300 g/mol. The average Bonchev–Trinajstić information content (AvgIpc) is 2.43. The molecule has 0 aliphatic heterocycles. The van der Waals surface area contributed by atoms with Crippen molar-refractivity contribution in [2.45, 2.75) is 45.7 Å². The van der Waals surface area contributed by atoms with Gasteiger partial charge in [-0.25, -0.2) is 0 Å². The summed E-state index contributed by atoms with van der Waals surface area (Å²) < 4.78 is 0. The predicted octanol–water partition coefficient (Wildman–Crippen LogP) is 0.199. The molecule has 3 atom stereocenters. The number of allylic oxidation sites excluding steroid dienone is 1. The Morgan fingerprint density at radius 1 is 1.14 bits per heavy atom. The summed E-state index contributed by atoms with van der Waals surface area (Å²) in [4.78, 5) is 24.0. The average molecular weight is 300 g/mol. The number of hydrogen-bond acceptors (Lipinski definition) is 4. The molecule has 0 unspecified atom stereocenters. The van der Waals surface area contributed by atoms with Gasteiger partial charge in [0, 0.05) is 12.5 Å². The van der Waals surface area contributed by atoms with Crippen molar-refractivity contribution in [1.82, 2.24) is 10.6 Å². The maximum Gasteiger partial charge on any atom is 0.224 e. The molecule has 0 radical (unpaired) electrons. The van der Waals surface area contributed by atoms with Crippen LogP contribution in [0.5, 0.6) is 0 Å². The first-order valence-electron chi connectivity index (χ1n) is 7.28. The van der Waals surface area contributed by atoms with Gasteiger partial charge in [0.2, 0.25) is 11.8 Å². The van der Waals surface area contributed by atoms with Gasteiger partial charge in [0.1, 0.15) is 0 Å². The number of rotatable bonds is 10. The fourth-order valence-corrected chi connectivity index (χ4v) is 1.81. The molecule has 122 valence electrons. The highest BCUT2D eigenvalue weighted by Crippen LogP contribution is 2.12. The quantitative estimate of drug-likeness (QED) is 0.433. The highest BCUT2D eigenvalue weighted by molar-refractivity contribution is 5.86. The fraction of sp³-hybridized carbons (Fsp3) is 0.733. The van der Waals surface area contributed by atoms with Crippen LogP contribution in [0, 0.1) is 11.8 Å². The van der Waals surface area contributed by atoms with E-state index < -0.39 is 5.92 Å². The zero-order chi connectivity index (χ0) is 16.4. The van der Waals surface area contributed by atoms with E-state index in [9.17, 15) is 14.7 Å². The lowest BCUT2D eigenvalue weighted by Gasteiger charge is -2.23. The van der Waals surface area contributed by atoms with E-state index in [0.29, 0.717) is 6.42 Å². The Labute approximate surface area is 126 Å². The van der Waals surface area contributed by atoms with Crippen LogP contribution in [0.25, 0.3) is 0 Å². The van der Waals surface area contributed by atoms with E-state index in [1.165, 1.54) is 0 Å². The molecule has 4 N–H and O–H groups in total. The molecular weight excluding hydrogens is 272 g/mol. The van der Waals surface area contributed by atoms with E-state index in [2.05, 4.69) is 17.2 Å². The lowest BCUT2D eigenvalue weighted by molar-refractivity contribution is -0.131. The summed E-state index contributed by atoms with van der Waals surface area (Å²) in [6.45, 7) is 8.80. The van der Waals surface area contributed by atoms with Crippen molar-refractivity contribution in [2.24, 2.45) is 11.8 Å². The minimum atomic E-state index is -0.527. The Hall–Kier alpha value is -1.40. The molecule has 0 saturated heterocycles. The number of nitrogens with one attached hydrogen (secondary N) is 2. The van der Waals surface area contributed by atoms with Crippen LogP contribution in [-0.2, 0) is 9.59 Å². The van der Waals surface area contributed by atoms with Gasteiger partial charge in [-0.1, -0.05) is 19.9 Å². The normalized spacial score (nSPS) is 15.1. The molecule has 6 nitrogen and oxygen atoms in total. The predicted molar refractivity (Wildman–Crippen MR) is 81.5 cm³/mol. The Morgan fingerprint density at radius 2 is 1.76 bits per heavy atom. The van der Waals surface area contributed by atoms with Crippen molar-refractivity contribution >= 4 is 11.8 Å². The summed E-state index contributed by atoms with van der Waals surface area (Å²) in [6, 6.07) is -0.671. The van der Waals surface area contributed by atoms with Crippen LogP contribution in [0.3, 0.4) is 0 Å². The van der Waals surface area contributed by atoms with Gasteiger partial charge in [0.05, 0.1) is 25.2 Å². The molecule has 0 rings (SSSR count). The second kappa shape index (κ2) is 10.3. The molecule has 0 aromatic carbocycles. The van der Waals surface area contributed by atoms with Crippen molar-refractivity contribution in [2.75, 3.05) is 13.2 Å². The molecule has 0 aromatic heterocycles. The zero-order valence-corrected chi connectivity index (χ0v) is 13.1. The van der Waals surface area contributed by atoms with Crippen LogP contribution >= 0.6 is 0 Å². The van der Waals surface area contributed by atoms with Gasteiger partial charge in [-0.2, -0.15) is 0 Å². The SMILES string of the molecule is C=CC[C@@H](CC(=O)N[C@H](C)CO)C(=O)N[C@H](CO)C(C)C. The van der Waals surface area contributed by atoms with Crippen LogP contribution in [-0.4, -0.2) is 47.3 Å². The molecule has 0 aliphatic carbocycles. The van der Waals surface area contributed by atoms with Crippen molar-refractivity contribution in [3.63, 3.8) is 0 Å². The minimum Gasteiger partial charge on any atom is -0.394 e. The van der Waals surface area contributed by atoms with Gasteiger partial charge in [-0.05, 0) is 19.3 Å². The van der Waals surface area contributed by atoms with Crippen LogP contribution in [0.2, 0.25) is 0 Å². The van der Waals surface area contributed by atoms with Gasteiger partial charge in [0.25, 0.3) is 0 Å². The number of carbonyl (C=O) groups is 2. The first-order valence-corrected chi connectivity index (χ1v) is 7.28. The number of hydrogen-bond donors (Lipinski definition) is 4. The highest BCUT2D eigenvalue weighted by atomic mass is 16.3. The number of aliphatic hydroxyl groups is 2. The summed E-state index contributed by atoms with van der Waals surface area (Å²) >= 11 is 0. The number of aliphatic hydroxyl groups excluding tert-OH is 2. The Kier molecular flexibility index (Phi) is 9.65. The van der Waals surface area contributed by atoms with Crippen LogP contribution in [0.4, 0.5) is 0 Å². The van der Waals surface area contributed by atoms with E-state index in [4.69, 9.17) is 5.11 Å². The molecule has 0 spiro atoms. The highest BCUT2D eigenvalue weighted by Gasteiger charge is 2.24. The standard InChI is InChI=1S/C15H28N2O4/c1-5-6-12(7-14(20)16-11(4)8-18)15(21)17-13(9-19)10(2)3/h5,10-13,18-19H,1,6-9H2,2-4H3,(H,16,20)(H,17,21)/t11-,12+,13-/m1/s1. The van der Waals surface area contributed by atoms with Crippen molar-refractivity contribution in [3.8, 4) is 0 Å². The smallest absolute Gasteiger partial charge is 0.224 e. The van der Waals surface area contributed by atoms with Crippen LogP contribution in [0.1, 0.15) is 33.6 Å². The summed E-state index contributed by atoms with van der Waals surface area (Å²) in [5.74, 6) is -0.981. The summed E-state index contributed by atoms with van der Waals surface area (Å²) in [5.41, 5.74) is 0. The lowest BCUT2D eigenvalue weighted by Crippen LogP contribution is -2.45. The van der Waals surface area contributed by atoms with Gasteiger partial charge in [0.15, 0.2) is 0 Å². The summed E-state index contributed by atoms with van der Waals surface area (Å²) in [6.07, 6.45) is 2.00. The topological polar surface area (TPSA) is 98.7 Å². The number of carbonyl (C=O) groups excluding carboxylic acids is 2. The molecule has 0 aromatic rings. The molecule has 0 saturated carbocycles. The largest absolute Gasteiger partial charge is 0.394 e. The van der Waals surface area contributed by atoms with E-state index >= 15 is 0 Å². The number of amides is 2. The molecular formula is C15H28N2O4. The van der Waals surface area contributed by atoms with E-state index in [-0.39, 0.29) is 49.5 Å². The maximum absolute atomic E-state index is 12.2. The maximum atomic E-state index is 12.2. The lowest BCUT2D eigenvalue weighted by atomic mass is 9.97. The van der Waals surface area contributed by atoms with Crippen molar-refractivity contribution in [1.29, 1.82) is 0 Å². The summed E-state index contributed by atoms with van der Waals surface area (Å²) in [5, 5.41) is 23.5. The third-order valence-corrected chi connectivity index (χ3v) is 3.26. The minimum absolute atomic E-state index is 0.0262. The molecule has 2 amide bonds. The Balaban J connectivity index is 4.62. The molecule has 0 bridgehead atoms. The molecule has 0 aliphatic rings. The van der Waals surface area contributed by atoms with E-state index in [0.717, 1.165) is 0 Å².